The molecule has 39 heavy (non-hydrogen) atoms. The first-order valence-corrected chi connectivity index (χ1v) is 14.0. The van der Waals surface area contributed by atoms with Crippen LogP contribution in [0.4, 0.5) is 0 Å². The summed E-state index contributed by atoms with van der Waals surface area (Å²) >= 11 is 1.41. The Morgan fingerprint density at radius 2 is 1.92 bits per heavy atom. The molecular weight excluding hydrogens is 522 g/mol. The van der Waals surface area contributed by atoms with Gasteiger partial charge in [-0.05, 0) is 49.8 Å². The van der Waals surface area contributed by atoms with Gasteiger partial charge in [0.2, 0.25) is 5.91 Å². The fourth-order valence-corrected chi connectivity index (χ4v) is 6.12. The minimum absolute atomic E-state index is 0.0836. The van der Waals surface area contributed by atoms with Crippen molar-refractivity contribution < 1.29 is 33.3 Å². The highest BCUT2D eigenvalue weighted by Crippen LogP contribution is 2.48. The molecule has 3 aliphatic rings. The van der Waals surface area contributed by atoms with E-state index in [1.807, 2.05) is 23.3 Å². The molecule has 11 heteroatoms. The number of methoxy groups -OCH3 is 3. The van der Waals surface area contributed by atoms with E-state index in [4.69, 9.17) is 23.9 Å². The van der Waals surface area contributed by atoms with Crippen LogP contribution in [0, 0.1) is 5.92 Å². The minimum atomic E-state index is -0.646. The molecule has 0 spiro atoms. The summed E-state index contributed by atoms with van der Waals surface area (Å²) in [7, 11) is 4.49. The summed E-state index contributed by atoms with van der Waals surface area (Å²) < 4.78 is 21.6. The summed E-state index contributed by atoms with van der Waals surface area (Å²) in [5, 5.41) is 2.57. The van der Waals surface area contributed by atoms with Gasteiger partial charge in [0.1, 0.15) is 11.5 Å². The van der Waals surface area contributed by atoms with Crippen molar-refractivity contribution in [2.45, 2.75) is 45.6 Å². The number of nitrogens with zero attached hydrogens (tertiary/aromatic N) is 3. The molecule has 1 saturated heterocycles. The second kappa shape index (κ2) is 12.6. The van der Waals surface area contributed by atoms with Gasteiger partial charge >= 0.3 is 11.9 Å². The van der Waals surface area contributed by atoms with E-state index in [0.29, 0.717) is 71.7 Å². The summed E-state index contributed by atoms with van der Waals surface area (Å²) in [5.41, 5.74) is 2.39. The normalized spacial score (nSPS) is 20.6. The van der Waals surface area contributed by atoms with E-state index in [-0.39, 0.29) is 24.2 Å². The number of esters is 2. The van der Waals surface area contributed by atoms with Gasteiger partial charge in [0.15, 0.2) is 5.17 Å². The fraction of sp³-hybridized carbons (Fsp3) is 0.500. The first-order valence-electron chi connectivity index (χ1n) is 13.1. The van der Waals surface area contributed by atoms with Crippen LogP contribution < -0.4 is 9.47 Å². The first-order chi connectivity index (χ1) is 18.9. The van der Waals surface area contributed by atoms with Gasteiger partial charge in [-0.2, -0.15) is 0 Å². The number of rotatable bonds is 9. The summed E-state index contributed by atoms with van der Waals surface area (Å²) in [6.45, 7) is 4.94. The summed E-state index contributed by atoms with van der Waals surface area (Å²) in [4.78, 5) is 47.5. The van der Waals surface area contributed by atoms with E-state index in [1.54, 1.807) is 38.2 Å². The molecule has 3 heterocycles. The molecule has 10 nitrogen and oxygen atoms in total. The summed E-state index contributed by atoms with van der Waals surface area (Å²) in [5.74, 6) is -0.0184. The topological polar surface area (TPSA) is 107 Å². The molecule has 0 aliphatic carbocycles. The van der Waals surface area contributed by atoms with Gasteiger partial charge < -0.3 is 28.7 Å². The van der Waals surface area contributed by atoms with Crippen molar-refractivity contribution in [3.63, 3.8) is 0 Å². The predicted molar refractivity (Wildman–Crippen MR) is 147 cm³/mol. The Balaban J connectivity index is 1.69. The Morgan fingerprint density at radius 1 is 1.13 bits per heavy atom. The Bertz CT molecular complexity index is 1230. The monoisotopic (exact) mass is 557 g/mol. The Morgan fingerprint density at radius 3 is 2.59 bits per heavy atom. The number of aliphatic imine (C=N–C) groups is 1. The third-order valence-corrected chi connectivity index (χ3v) is 7.98. The maximum atomic E-state index is 13.5. The van der Waals surface area contributed by atoms with E-state index < -0.39 is 12.0 Å². The number of allylic oxidation sites excluding steroid dienone is 1. The van der Waals surface area contributed by atoms with Crippen LogP contribution in [-0.4, -0.2) is 73.8 Å². The number of fused-ring (bicyclic) bond motifs is 1. The molecule has 1 aromatic carbocycles. The Kier molecular flexibility index (Phi) is 9.21. The van der Waals surface area contributed by atoms with Crippen LogP contribution in [0.5, 0.6) is 11.5 Å². The second-order valence-electron chi connectivity index (χ2n) is 9.32. The van der Waals surface area contributed by atoms with Crippen molar-refractivity contribution in [2.24, 2.45) is 10.9 Å². The molecule has 1 aromatic rings. The second-order valence-corrected chi connectivity index (χ2v) is 10.2. The molecule has 1 fully saturated rings. The van der Waals surface area contributed by atoms with Crippen molar-refractivity contribution in [1.82, 2.24) is 9.80 Å². The lowest BCUT2D eigenvalue weighted by molar-refractivity contribution is -0.151. The zero-order valence-electron chi connectivity index (χ0n) is 23.0. The standard InChI is InChI=1S/C28H35N3O7S/c1-6-21-24(27(34)37-5)25(20-14-19(35-3)10-11-22(20)36-4)31-18(16-39-28(31)29-21)13-23(32)30-12-8-9-17(15-30)26(33)38-7-2/h10-11,14,16-17,25H,6-9,12-13,15H2,1-5H3. The van der Waals surface area contributed by atoms with Crippen molar-refractivity contribution in [1.29, 1.82) is 0 Å². The summed E-state index contributed by atoms with van der Waals surface area (Å²) in [6, 6.07) is 4.77. The third-order valence-electron chi connectivity index (χ3n) is 7.09. The van der Waals surface area contributed by atoms with Gasteiger partial charge in [0.25, 0.3) is 0 Å². The minimum Gasteiger partial charge on any atom is -0.497 e. The van der Waals surface area contributed by atoms with Crippen LogP contribution in [0.2, 0.25) is 0 Å². The smallest absolute Gasteiger partial charge is 0.338 e. The fourth-order valence-electron chi connectivity index (χ4n) is 5.18. The average Bonchev–Trinajstić information content (AvgIpc) is 3.37. The van der Waals surface area contributed by atoms with Gasteiger partial charge in [-0.1, -0.05) is 18.7 Å². The van der Waals surface area contributed by atoms with Crippen LogP contribution in [0.25, 0.3) is 0 Å². The summed E-state index contributed by atoms with van der Waals surface area (Å²) in [6.07, 6.45) is 2.04. The molecule has 0 aromatic heterocycles. The SMILES string of the molecule is CCOC(=O)C1CCCN(C(=O)CC2=CSC3=NC(CC)=C(C(=O)OC)C(c4cc(OC)ccc4OC)N23)C1. The van der Waals surface area contributed by atoms with E-state index in [0.717, 1.165) is 6.42 Å². The van der Waals surface area contributed by atoms with Crippen LogP contribution in [0.15, 0.2) is 45.6 Å². The van der Waals surface area contributed by atoms with Gasteiger partial charge in [0.05, 0.1) is 57.6 Å². The molecular formula is C28H35N3O7S. The predicted octanol–water partition coefficient (Wildman–Crippen LogP) is 4.03. The van der Waals surface area contributed by atoms with Gasteiger partial charge in [-0.25, -0.2) is 9.79 Å². The van der Waals surface area contributed by atoms with E-state index in [2.05, 4.69) is 0 Å². The molecule has 0 N–H and O–H groups in total. The number of likely N-dealkylation sites (tertiary alicyclic amines) is 1. The zero-order valence-corrected chi connectivity index (χ0v) is 23.8. The van der Waals surface area contributed by atoms with Gasteiger partial charge in [-0.15, -0.1) is 0 Å². The van der Waals surface area contributed by atoms with E-state index in [1.165, 1.54) is 18.9 Å². The Hall–Kier alpha value is -3.47. The lowest BCUT2D eigenvalue weighted by Gasteiger charge is -2.38. The highest BCUT2D eigenvalue weighted by atomic mass is 32.2. The molecule has 1 amide bonds. The molecule has 3 aliphatic heterocycles. The molecule has 4 rings (SSSR count). The maximum absolute atomic E-state index is 13.5. The number of hydrogen-bond donors (Lipinski definition) is 0. The van der Waals surface area contributed by atoms with Crippen molar-refractivity contribution in [3.05, 3.63) is 46.1 Å². The van der Waals surface area contributed by atoms with E-state index >= 15 is 0 Å². The van der Waals surface area contributed by atoms with Crippen molar-refractivity contribution in [2.75, 3.05) is 41.0 Å². The molecule has 0 saturated carbocycles. The van der Waals surface area contributed by atoms with Crippen LogP contribution >= 0.6 is 11.8 Å². The maximum Gasteiger partial charge on any atom is 0.338 e. The van der Waals surface area contributed by atoms with Crippen LogP contribution in [0.1, 0.15) is 51.1 Å². The average molecular weight is 558 g/mol. The van der Waals surface area contributed by atoms with Gasteiger partial charge in [-0.3, -0.25) is 9.59 Å². The van der Waals surface area contributed by atoms with Crippen LogP contribution in [-0.2, 0) is 23.9 Å². The lowest BCUT2D eigenvalue weighted by Crippen LogP contribution is -2.44. The highest BCUT2D eigenvalue weighted by molar-refractivity contribution is 8.16. The number of ether oxygens (including phenoxy) is 4. The van der Waals surface area contributed by atoms with Gasteiger partial charge in [0, 0.05) is 24.4 Å². The number of piperidine rings is 1. The number of hydrogen-bond acceptors (Lipinski definition) is 10. The number of amides is 1. The van der Waals surface area contributed by atoms with Crippen LogP contribution in [0.3, 0.4) is 0 Å². The largest absolute Gasteiger partial charge is 0.497 e. The number of carbonyl (C=O) groups is 3. The first kappa shape index (κ1) is 28.5. The number of benzene rings is 1. The molecule has 0 bridgehead atoms. The molecule has 2 atom stereocenters. The molecule has 210 valence electrons. The number of amidine groups is 1. The van der Waals surface area contributed by atoms with Crippen molar-refractivity contribution in [3.8, 4) is 11.5 Å². The zero-order chi connectivity index (χ0) is 28.1. The van der Waals surface area contributed by atoms with E-state index in [9.17, 15) is 14.4 Å². The molecule has 0 radical (unpaired) electrons. The molecule has 2 unspecified atom stereocenters. The third kappa shape index (κ3) is 5.78. The quantitative estimate of drug-likeness (QED) is 0.416. The lowest BCUT2D eigenvalue weighted by atomic mass is 9.91. The van der Waals surface area contributed by atoms with Crippen molar-refractivity contribution >= 4 is 34.8 Å². The number of carbonyl (C=O) groups excluding carboxylic acids is 3. The highest BCUT2D eigenvalue weighted by Gasteiger charge is 2.43. The number of thioether (sulfide) groups is 1. The Labute approximate surface area is 233 Å².